The number of carbonyl (C=O) groups excluding carboxylic acids is 1. The molecule has 1 aromatic heterocycles. The second-order valence-electron chi connectivity index (χ2n) is 10.9. The summed E-state index contributed by atoms with van der Waals surface area (Å²) in [5, 5.41) is 11.8. The van der Waals surface area contributed by atoms with Gasteiger partial charge in [0.05, 0.1) is 30.6 Å². The molecular weight excluding hydrogens is 538 g/mol. The molecular formula is C35H37N5O3. The van der Waals surface area contributed by atoms with Crippen LogP contribution in [0.15, 0.2) is 72.9 Å². The SMILES string of the molecule is COc1ccc(CN2CCCN(c3ccc(NC(=O)Oc4ccc(C)c(-c5ccc(C#N)cc5)c4)cn3)CC2)c(C)c1C. The van der Waals surface area contributed by atoms with Crippen LogP contribution in [0.5, 0.6) is 11.5 Å². The zero-order valence-corrected chi connectivity index (χ0v) is 25.2. The molecule has 1 fully saturated rings. The molecule has 1 saturated heterocycles. The number of nitrogens with zero attached hydrogens (tertiary/aromatic N) is 4. The third-order valence-electron chi connectivity index (χ3n) is 8.11. The van der Waals surface area contributed by atoms with Crippen molar-refractivity contribution in [2.45, 2.75) is 33.7 Å². The molecule has 0 atom stereocenters. The number of anilines is 2. The van der Waals surface area contributed by atoms with Gasteiger partial charge >= 0.3 is 6.09 Å². The molecule has 0 aliphatic carbocycles. The Balaban J connectivity index is 1.16. The number of benzene rings is 3. The Morgan fingerprint density at radius 1 is 0.953 bits per heavy atom. The van der Waals surface area contributed by atoms with Gasteiger partial charge < -0.3 is 14.4 Å². The lowest BCUT2D eigenvalue weighted by Gasteiger charge is -2.24. The van der Waals surface area contributed by atoms with Crippen LogP contribution < -0.4 is 19.7 Å². The molecule has 2 heterocycles. The fourth-order valence-electron chi connectivity index (χ4n) is 5.44. The number of nitrogens with one attached hydrogen (secondary N) is 1. The minimum absolute atomic E-state index is 0.432. The molecule has 5 rings (SSSR count). The van der Waals surface area contributed by atoms with Crippen LogP contribution in [0.4, 0.5) is 16.3 Å². The van der Waals surface area contributed by atoms with Crippen molar-refractivity contribution in [3.8, 4) is 28.7 Å². The molecule has 1 amide bonds. The molecule has 220 valence electrons. The highest BCUT2D eigenvalue weighted by Crippen LogP contribution is 2.29. The third kappa shape index (κ3) is 7.14. The minimum atomic E-state index is -0.585. The third-order valence-corrected chi connectivity index (χ3v) is 8.11. The summed E-state index contributed by atoms with van der Waals surface area (Å²) in [6, 6.07) is 23.0. The van der Waals surface area contributed by atoms with Gasteiger partial charge in [0.2, 0.25) is 0 Å². The van der Waals surface area contributed by atoms with Crippen LogP contribution in [0.2, 0.25) is 0 Å². The highest BCUT2D eigenvalue weighted by Gasteiger charge is 2.18. The summed E-state index contributed by atoms with van der Waals surface area (Å²) >= 11 is 0. The quantitative estimate of drug-likeness (QED) is 0.257. The van der Waals surface area contributed by atoms with Crippen molar-refractivity contribution in [1.82, 2.24) is 9.88 Å². The Bertz CT molecular complexity index is 1630. The van der Waals surface area contributed by atoms with Gasteiger partial charge in [0.15, 0.2) is 0 Å². The number of aryl methyl sites for hydroxylation is 1. The lowest BCUT2D eigenvalue weighted by molar-refractivity contribution is 0.215. The molecule has 8 heteroatoms. The molecule has 0 bridgehead atoms. The Labute approximate surface area is 253 Å². The van der Waals surface area contributed by atoms with Crippen molar-refractivity contribution < 1.29 is 14.3 Å². The summed E-state index contributed by atoms with van der Waals surface area (Å²) in [6.45, 7) is 11.0. The summed E-state index contributed by atoms with van der Waals surface area (Å²) in [5.74, 6) is 2.26. The number of carbonyl (C=O) groups is 1. The second-order valence-corrected chi connectivity index (χ2v) is 10.9. The van der Waals surface area contributed by atoms with Crippen molar-refractivity contribution in [1.29, 1.82) is 5.26 Å². The first-order valence-corrected chi connectivity index (χ1v) is 14.5. The normalized spacial score (nSPS) is 13.6. The molecule has 1 aliphatic rings. The van der Waals surface area contributed by atoms with E-state index in [1.54, 1.807) is 31.5 Å². The van der Waals surface area contributed by atoms with Crippen molar-refractivity contribution in [2.75, 3.05) is 43.5 Å². The van der Waals surface area contributed by atoms with E-state index in [2.05, 4.69) is 52.2 Å². The van der Waals surface area contributed by atoms with Crippen LogP contribution in [0, 0.1) is 32.1 Å². The van der Waals surface area contributed by atoms with E-state index in [4.69, 9.17) is 14.7 Å². The van der Waals surface area contributed by atoms with Gasteiger partial charge in [-0.3, -0.25) is 10.2 Å². The monoisotopic (exact) mass is 575 g/mol. The fraction of sp³-hybridized carbons (Fsp3) is 0.286. The average molecular weight is 576 g/mol. The average Bonchev–Trinajstić information content (AvgIpc) is 3.26. The first kappa shape index (κ1) is 29.6. The lowest BCUT2D eigenvalue weighted by Crippen LogP contribution is -2.31. The second kappa shape index (κ2) is 13.4. The fourth-order valence-corrected chi connectivity index (χ4v) is 5.44. The first-order chi connectivity index (χ1) is 20.8. The van der Waals surface area contributed by atoms with Crippen LogP contribution in [-0.2, 0) is 6.54 Å². The van der Waals surface area contributed by atoms with E-state index in [1.165, 1.54) is 16.7 Å². The molecule has 0 radical (unpaired) electrons. The van der Waals surface area contributed by atoms with Gasteiger partial charge in [-0.1, -0.05) is 24.3 Å². The van der Waals surface area contributed by atoms with Crippen molar-refractivity contribution in [3.63, 3.8) is 0 Å². The van der Waals surface area contributed by atoms with E-state index in [1.807, 2.05) is 43.3 Å². The maximum absolute atomic E-state index is 12.7. The van der Waals surface area contributed by atoms with E-state index < -0.39 is 6.09 Å². The molecule has 0 unspecified atom stereocenters. The number of hydrogen-bond acceptors (Lipinski definition) is 7. The number of rotatable bonds is 7. The summed E-state index contributed by atoms with van der Waals surface area (Å²) in [6.07, 6.45) is 2.13. The van der Waals surface area contributed by atoms with Crippen molar-refractivity contribution in [3.05, 3.63) is 101 Å². The molecule has 4 aromatic rings. The lowest BCUT2D eigenvalue weighted by atomic mass is 9.99. The van der Waals surface area contributed by atoms with E-state index in [9.17, 15) is 4.79 Å². The van der Waals surface area contributed by atoms with E-state index in [-0.39, 0.29) is 0 Å². The number of methoxy groups -OCH3 is 1. The molecule has 0 saturated carbocycles. The van der Waals surface area contributed by atoms with Crippen molar-refractivity contribution in [2.24, 2.45) is 0 Å². The Hall–Kier alpha value is -4.87. The van der Waals surface area contributed by atoms with Gasteiger partial charge in [0.1, 0.15) is 17.3 Å². The maximum atomic E-state index is 12.7. The number of ether oxygens (including phenoxy) is 2. The van der Waals surface area contributed by atoms with Crippen LogP contribution >= 0.6 is 0 Å². The van der Waals surface area contributed by atoms with Gasteiger partial charge in [-0.15, -0.1) is 0 Å². The smallest absolute Gasteiger partial charge is 0.417 e. The van der Waals surface area contributed by atoms with Crippen LogP contribution in [0.3, 0.4) is 0 Å². The van der Waals surface area contributed by atoms with Gasteiger partial charge in [-0.2, -0.15) is 5.26 Å². The summed E-state index contributed by atoms with van der Waals surface area (Å²) < 4.78 is 11.1. The number of nitriles is 1. The molecule has 8 nitrogen and oxygen atoms in total. The highest BCUT2D eigenvalue weighted by molar-refractivity contribution is 5.86. The van der Waals surface area contributed by atoms with E-state index in [0.29, 0.717) is 17.0 Å². The molecule has 1 aliphatic heterocycles. The zero-order chi connectivity index (χ0) is 30.3. The number of pyridine rings is 1. The largest absolute Gasteiger partial charge is 0.496 e. The summed E-state index contributed by atoms with van der Waals surface area (Å²) in [4.78, 5) is 22.1. The summed E-state index contributed by atoms with van der Waals surface area (Å²) in [5.41, 5.74) is 7.91. The minimum Gasteiger partial charge on any atom is -0.496 e. The number of amides is 1. The number of hydrogen-bond donors (Lipinski definition) is 1. The topological polar surface area (TPSA) is 90.7 Å². The van der Waals surface area contributed by atoms with Gasteiger partial charge in [-0.05, 0) is 103 Å². The Morgan fingerprint density at radius 3 is 2.49 bits per heavy atom. The summed E-state index contributed by atoms with van der Waals surface area (Å²) in [7, 11) is 1.72. The number of aromatic nitrogens is 1. The molecule has 1 N–H and O–H groups in total. The Kier molecular flexibility index (Phi) is 9.23. The first-order valence-electron chi connectivity index (χ1n) is 14.5. The van der Waals surface area contributed by atoms with Gasteiger partial charge in [-0.25, -0.2) is 9.78 Å². The highest BCUT2D eigenvalue weighted by atomic mass is 16.6. The van der Waals surface area contributed by atoms with Crippen LogP contribution in [-0.4, -0.2) is 49.3 Å². The predicted octanol–water partition coefficient (Wildman–Crippen LogP) is 6.88. The Morgan fingerprint density at radius 2 is 1.77 bits per heavy atom. The van der Waals surface area contributed by atoms with Crippen LogP contribution in [0.1, 0.15) is 34.2 Å². The van der Waals surface area contributed by atoms with Crippen molar-refractivity contribution >= 4 is 17.6 Å². The van der Waals surface area contributed by atoms with Gasteiger partial charge in [0, 0.05) is 32.7 Å². The molecule has 0 spiro atoms. The van der Waals surface area contributed by atoms with E-state index in [0.717, 1.165) is 67.4 Å². The van der Waals surface area contributed by atoms with Gasteiger partial charge in [0.25, 0.3) is 0 Å². The molecule has 43 heavy (non-hydrogen) atoms. The predicted molar refractivity (Wildman–Crippen MR) is 170 cm³/mol. The zero-order valence-electron chi connectivity index (χ0n) is 25.2. The van der Waals surface area contributed by atoms with E-state index >= 15 is 0 Å². The standard InChI is InChI=1S/C35H37N5O3/c1-24-6-13-31(20-32(24)28-9-7-27(21-36)8-10-28)43-35(41)38-30-12-15-34(37-22-30)40-17-5-16-39(18-19-40)23-29-11-14-33(42-4)26(3)25(29)2/h6-15,20,22H,5,16-19,23H2,1-4H3,(H,38,41). The maximum Gasteiger partial charge on any atom is 0.417 e. The molecule has 3 aromatic carbocycles. The van der Waals surface area contributed by atoms with Crippen LogP contribution in [0.25, 0.3) is 11.1 Å².